The third-order valence-electron chi connectivity index (χ3n) is 5.80. The first-order valence-electron chi connectivity index (χ1n) is 9.40. The first kappa shape index (κ1) is 16.0. The maximum absolute atomic E-state index is 5.90. The number of nitrogens with one attached hydrogen (secondary N) is 2. The van der Waals surface area contributed by atoms with Gasteiger partial charge in [-0.1, -0.05) is 24.3 Å². The van der Waals surface area contributed by atoms with Crippen LogP contribution in [0.15, 0.2) is 54.9 Å². The number of imidazole rings is 1. The molecule has 2 aliphatic heterocycles. The minimum atomic E-state index is 0.302. The van der Waals surface area contributed by atoms with Gasteiger partial charge in [-0.2, -0.15) is 0 Å². The van der Waals surface area contributed by atoms with E-state index >= 15 is 0 Å². The molecule has 26 heavy (non-hydrogen) atoms. The number of para-hydroxylation sites is 2. The summed E-state index contributed by atoms with van der Waals surface area (Å²) >= 11 is 0. The Kier molecular flexibility index (Phi) is 4.00. The molecule has 5 nitrogen and oxygen atoms in total. The Morgan fingerprint density at radius 2 is 2.00 bits per heavy atom. The zero-order chi connectivity index (χ0) is 17.5. The third-order valence-corrected chi connectivity index (χ3v) is 5.80. The van der Waals surface area contributed by atoms with Gasteiger partial charge in [-0.3, -0.25) is 4.57 Å². The summed E-state index contributed by atoms with van der Waals surface area (Å²) in [5, 5.41) is 7.20. The number of rotatable bonds is 4. The van der Waals surface area contributed by atoms with E-state index in [9.17, 15) is 0 Å². The van der Waals surface area contributed by atoms with Crippen LogP contribution in [0, 0.1) is 5.92 Å². The molecule has 134 valence electrons. The molecule has 0 saturated carbocycles. The van der Waals surface area contributed by atoms with Crippen LogP contribution in [0.5, 0.6) is 0 Å². The van der Waals surface area contributed by atoms with E-state index < -0.39 is 0 Å². The molecule has 1 aromatic heterocycles. The highest BCUT2D eigenvalue weighted by molar-refractivity contribution is 5.77. The van der Waals surface area contributed by atoms with E-state index in [4.69, 9.17) is 4.74 Å². The SMILES string of the molecule is CC(N[C@@H]1CO[C@@H]2CNC[C@H]12)c1ccc(-n2cnc3ccccc32)cc1. The molecule has 3 heterocycles. The maximum atomic E-state index is 5.90. The van der Waals surface area contributed by atoms with E-state index in [-0.39, 0.29) is 0 Å². The Balaban J connectivity index is 1.33. The molecule has 2 aliphatic rings. The second kappa shape index (κ2) is 6.50. The summed E-state index contributed by atoms with van der Waals surface area (Å²) in [5.41, 5.74) is 4.59. The van der Waals surface area contributed by atoms with Gasteiger partial charge < -0.3 is 15.4 Å². The van der Waals surface area contributed by atoms with Crippen LogP contribution in [0.2, 0.25) is 0 Å². The Hall–Kier alpha value is -2.21. The molecule has 4 atom stereocenters. The van der Waals surface area contributed by atoms with Crippen LogP contribution in [0.1, 0.15) is 18.5 Å². The van der Waals surface area contributed by atoms with Gasteiger partial charge in [0.15, 0.2) is 0 Å². The molecule has 0 spiro atoms. The van der Waals surface area contributed by atoms with Gasteiger partial charge in [-0.15, -0.1) is 0 Å². The molecule has 0 radical (unpaired) electrons. The molecule has 2 fully saturated rings. The number of benzene rings is 2. The highest BCUT2D eigenvalue weighted by atomic mass is 16.5. The summed E-state index contributed by atoms with van der Waals surface area (Å²) in [6.45, 7) is 5.10. The lowest BCUT2D eigenvalue weighted by Gasteiger charge is -2.23. The number of aromatic nitrogens is 2. The van der Waals surface area contributed by atoms with Crippen molar-refractivity contribution in [2.24, 2.45) is 5.92 Å². The highest BCUT2D eigenvalue weighted by Gasteiger charge is 2.40. The molecule has 1 unspecified atom stereocenters. The van der Waals surface area contributed by atoms with Gasteiger partial charge in [0.1, 0.15) is 6.33 Å². The van der Waals surface area contributed by atoms with Crippen LogP contribution >= 0.6 is 0 Å². The third kappa shape index (κ3) is 2.72. The van der Waals surface area contributed by atoms with E-state index in [1.807, 2.05) is 18.5 Å². The zero-order valence-electron chi connectivity index (χ0n) is 14.9. The van der Waals surface area contributed by atoms with E-state index in [0.717, 1.165) is 36.4 Å². The van der Waals surface area contributed by atoms with Crippen molar-refractivity contribution >= 4 is 11.0 Å². The average Bonchev–Trinajstić information content (AvgIpc) is 3.38. The van der Waals surface area contributed by atoms with Gasteiger partial charge in [-0.05, 0) is 36.8 Å². The van der Waals surface area contributed by atoms with Crippen LogP contribution in [-0.4, -0.2) is 41.4 Å². The molecule has 2 N–H and O–H groups in total. The van der Waals surface area contributed by atoms with Crippen LogP contribution in [0.3, 0.4) is 0 Å². The summed E-state index contributed by atoms with van der Waals surface area (Å²) in [4.78, 5) is 4.48. The van der Waals surface area contributed by atoms with Crippen LogP contribution < -0.4 is 10.6 Å². The molecular formula is C21H24N4O. The minimum absolute atomic E-state index is 0.302. The lowest BCUT2D eigenvalue weighted by atomic mass is 9.98. The second-order valence-electron chi connectivity index (χ2n) is 7.38. The van der Waals surface area contributed by atoms with Crippen LogP contribution in [0.4, 0.5) is 0 Å². The van der Waals surface area contributed by atoms with Gasteiger partial charge in [0.05, 0.1) is 23.7 Å². The quantitative estimate of drug-likeness (QED) is 0.761. The predicted molar refractivity (Wildman–Crippen MR) is 103 cm³/mol. The molecule has 5 heteroatoms. The summed E-state index contributed by atoms with van der Waals surface area (Å²) in [6.07, 6.45) is 2.28. The molecule has 0 aliphatic carbocycles. The normalized spacial score (nSPS) is 26.3. The Morgan fingerprint density at radius 3 is 2.88 bits per heavy atom. The van der Waals surface area contributed by atoms with Crippen molar-refractivity contribution in [2.75, 3.05) is 19.7 Å². The molecule has 2 saturated heterocycles. The number of hydrogen-bond donors (Lipinski definition) is 2. The van der Waals surface area contributed by atoms with Crippen molar-refractivity contribution in [3.63, 3.8) is 0 Å². The van der Waals surface area contributed by atoms with Gasteiger partial charge in [0.25, 0.3) is 0 Å². The van der Waals surface area contributed by atoms with Crippen molar-refractivity contribution < 1.29 is 4.74 Å². The van der Waals surface area contributed by atoms with Crippen LogP contribution in [-0.2, 0) is 4.74 Å². The smallest absolute Gasteiger partial charge is 0.100 e. The molecule has 3 aromatic rings. The monoisotopic (exact) mass is 348 g/mol. The zero-order valence-corrected chi connectivity index (χ0v) is 14.9. The summed E-state index contributed by atoms with van der Waals surface area (Å²) in [5.74, 6) is 0.592. The fraction of sp³-hybridized carbons (Fsp3) is 0.381. The minimum Gasteiger partial charge on any atom is -0.375 e. The lowest BCUT2D eigenvalue weighted by Crippen LogP contribution is -2.39. The molecule has 5 rings (SSSR count). The predicted octanol–water partition coefficient (Wildman–Crippen LogP) is 2.66. The Bertz CT molecular complexity index is 904. The second-order valence-corrected chi connectivity index (χ2v) is 7.38. The standard InChI is InChI=1S/C21H24N4O/c1-14(24-19-12-26-21-11-22-10-17(19)21)15-6-8-16(9-7-15)25-13-23-18-4-2-3-5-20(18)25/h2-9,13-14,17,19,21-22,24H,10-12H2,1H3/t14?,17-,19-,21-/m1/s1. The Labute approximate surface area is 153 Å². The summed E-state index contributed by atoms with van der Waals surface area (Å²) < 4.78 is 8.04. The van der Waals surface area contributed by atoms with Crippen molar-refractivity contribution in [1.82, 2.24) is 20.2 Å². The molecule has 0 bridgehead atoms. The van der Waals surface area contributed by atoms with E-state index in [1.54, 1.807) is 0 Å². The van der Waals surface area contributed by atoms with Gasteiger partial charge in [0.2, 0.25) is 0 Å². The maximum Gasteiger partial charge on any atom is 0.100 e. The first-order chi connectivity index (χ1) is 12.8. The lowest BCUT2D eigenvalue weighted by molar-refractivity contribution is 0.110. The summed E-state index contributed by atoms with van der Waals surface area (Å²) in [6, 6.07) is 17.7. The number of nitrogens with zero attached hydrogens (tertiary/aromatic N) is 2. The summed E-state index contributed by atoms with van der Waals surface area (Å²) in [7, 11) is 0. The largest absolute Gasteiger partial charge is 0.375 e. The average molecular weight is 348 g/mol. The Morgan fingerprint density at radius 1 is 1.15 bits per heavy atom. The van der Waals surface area contributed by atoms with Crippen molar-refractivity contribution in [1.29, 1.82) is 0 Å². The molecule has 2 aromatic carbocycles. The van der Waals surface area contributed by atoms with E-state index in [0.29, 0.717) is 24.1 Å². The fourth-order valence-corrected chi connectivity index (χ4v) is 4.29. The van der Waals surface area contributed by atoms with Crippen molar-refractivity contribution in [3.05, 3.63) is 60.4 Å². The van der Waals surface area contributed by atoms with Crippen molar-refractivity contribution in [3.8, 4) is 5.69 Å². The molecular weight excluding hydrogens is 324 g/mol. The van der Waals surface area contributed by atoms with Crippen molar-refractivity contribution in [2.45, 2.75) is 25.1 Å². The number of hydrogen-bond acceptors (Lipinski definition) is 4. The van der Waals surface area contributed by atoms with Gasteiger partial charge in [-0.25, -0.2) is 4.98 Å². The first-order valence-corrected chi connectivity index (χ1v) is 9.40. The number of ether oxygens (including phenoxy) is 1. The molecule has 0 amide bonds. The van der Waals surface area contributed by atoms with Gasteiger partial charge in [0, 0.05) is 36.8 Å². The van der Waals surface area contributed by atoms with Gasteiger partial charge >= 0.3 is 0 Å². The van der Waals surface area contributed by atoms with Crippen LogP contribution in [0.25, 0.3) is 16.7 Å². The number of fused-ring (bicyclic) bond motifs is 2. The topological polar surface area (TPSA) is 51.1 Å². The van der Waals surface area contributed by atoms with E-state index in [2.05, 4.69) is 63.5 Å². The fourth-order valence-electron chi connectivity index (χ4n) is 4.29. The van der Waals surface area contributed by atoms with E-state index in [1.165, 1.54) is 5.56 Å². The highest BCUT2D eigenvalue weighted by Crippen LogP contribution is 2.27.